The maximum Gasteiger partial charge on any atom is 0.222 e. The molecule has 0 aliphatic carbocycles. The lowest BCUT2D eigenvalue weighted by Crippen LogP contribution is -2.25. The van der Waals surface area contributed by atoms with Crippen LogP contribution in [0.4, 0.5) is 5.95 Å². The van der Waals surface area contributed by atoms with Crippen LogP contribution in [0.2, 0.25) is 0 Å². The van der Waals surface area contributed by atoms with Crippen LogP contribution in [0.25, 0.3) is 0 Å². The zero-order valence-electron chi connectivity index (χ0n) is 9.03. The van der Waals surface area contributed by atoms with E-state index in [2.05, 4.69) is 44.8 Å². The molecule has 0 aromatic carbocycles. The van der Waals surface area contributed by atoms with E-state index in [1.807, 2.05) is 0 Å². The first-order chi connectivity index (χ1) is 7.26. The van der Waals surface area contributed by atoms with E-state index in [1.165, 1.54) is 0 Å². The highest BCUT2D eigenvalue weighted by Crippen LogP contribution is 2.07. The molecule has 1 N–H and O–H groups in total. The van der Waals surface area contributed by atoms with Crippen LogP contribution < -0.4 is 5.32 Å². The van der Waals surface area contributed by atoms with Gasteiger partial charge in [-0.2, -0.15) is 0 Å². The molecular formula is C10H16IN3O. The quantitative estimate of drug-likeness (QED) is 0.817. The summed E-state index contributed by atoms with van der Waals surface area (Å²) < 4.78 is 6.17. The Morgan fingerprint density at radius 2 is 2.13 bits per heavy atom. The summed E-state index contributed by atoms with van der Waals surface area (Å²) in [4.78, 5) is 8.39. The number of methoxy groups -OCH3 is 1. The van der Waals surface area contributed by atoms with Gasteiger partial charge in [-0.1, -0.05) is 13.3 Å². The Balaban J connectivity index is 2.53. The molecule has 0 saturated heterocycles. The molecule has 1 aromatic rings. The smallest absolute Gasteiger partial charge is 0.222 e. The van der Waals surface area contributed by atoms with Gasteiger partial charge in [0.1, 0.15) is 0 Å². The fourth-order valence-corrected chi connectivity index (χ4v) is 1.59. The monoisotopic (exact) mass is 321 g/mol. The van der Waals surface area contributed by atoms with E-state index in [1.54, 1.807) is 19.5 Å². The van der Waals surface area contributed by atoms with Crippen molar-refractivity contribution >= 4 is 28.5 Å². The molecule has 0 bridgehead atoms. The van der Waals surface area contributed by atoms with E-state index < -0.39 is 0 Å². The zero-order chi connectivity index (χ0) is 11.1. The van der Waals surface area contributed by atoms with Crippen molar-refractivity contribution in [3.8, 4) is 0 Å². The molecule has 1 aromatic heterocycles. The van der Waals surface area contributed by atoms with Gasteiger partial charge in [-0.15, -0.1) is 0 Å². The summed E-state index contributed by atoms with van der Waals surface area (Å²) in [6.07, 6.45) is 5.77. The van der Waals surface area contributed by atoms with Crippen LogP contribution in [0.15, 0.2) is 12.4 Å². The fraction of sp³-hybridized carbons (Fsp3) is 0.600. The first kappa shape index (κ1) is 12.6. The van der Waals surface area contributed by atoms with E-state index in [9.17, 15) is 0 Å². The topological polar surface area (TPSA) is 47.0 Å². The van der Waals surface area contributed by atoms with Crippen molar-refractivity contribution in [1.29, 1.82) is 0 Å². The van der Waals surface area contributed by atoms with Crippen molar-refractivity contribution in [1.82, 2.24) is 9.97 Å². The molecule has 0 aliphatic rings. The van der Waals surface area contributed by atoms with E-state index in [0.29, 0.717) is 18.6 Å². The van der Waals surface area contributed by atoms with Gasteiger partial charge in [0, 0.05) is 23.1 Å². The number of anilines is 1. The highest BCUT2D eigenvalue weighted by atomic mass is 127. The molecule has 1 heterocycles. The molecule has 0 spiro atoms. The van der Waals surface area contributed by atoms with Crippen LogP contribution in [0.3, 0.4) is 0 Å². The molecule has 1 rings (SSSR count). The molecule has 1 unspecified atom stereocenters. The average molecular weight is 321 g/mol. The third-order valence-electron chi connectivity index (χ3n) is 1.96. The predicted molar refractivity (Wildman–Crippen MR) is 68.9 cm³/mol. The summed E-state index contributed by atoms with van der Waals surface area (Å²) in [5.41, 5.74) is 0. The van der Waals surface area contributed by atoms with E-state index >= 15 is 0 Å². The minimum atomic E-state index is 0.292. The normalized spacial score (nSPS) is 12.5. The van der Waals surface area contributed by atoms with Crippen molar-refractivity contribution in [2.24, 2.45) is 0 Å². The highest BCUT2D eigenvalue weighted by Gasteiger charge is 2.08. The molecule has 0 aliphatic heterocycles. The van der Waals surface area contributed by atoms with Gasteiger partial charge in [0.25, 0.3) is 0 Å². The van der Waals surface area contributed by atoms with Crippen LogP contribution >= 0.6 is 22.6 Å². The summed E-state index contributed by atoms with van der Waals surface area (Å²) in [6.45, 7) is 2.84. The van der Waals surface area contributed by atoms with Crippen LogP contribution in [-0.2, 0) is 4.74 Å². The number of hydrogen-bond donors (Lipinski definition) is 1. The molecule has 0 radical (unpaired) electrons. The molecule has 0 fully saturated rings. The van der Waals surface area contributed by atoms with E-state index in [-0.39, 0.29) is 0 Å². The standard InChI is InChI=1S/C10H16IN3O/c1-3-4-9(7-15-2)14-10-12-5-8(11)6-13-10/h5-6,9H,3-4,7H2,1-2H3,(H,12,13,14). The minimum Gasteiger partial charge on any atom is -0.383 e. The Morgan fingerprint density at radius 3 is 2.67 bits per heavy atom. The SMILES string of the molecule is CCCC(COC)Nc1ncc(I)cn1. The second-order valence-electron chi connectivity index (χ2n) is 3.31. The van der Waals surface area contributed by atoms with Gasteiger partial charge in [-0.25, -0.2) is 9.97 Å². The lowest BCUT2D eigenvalue weighted by molar-refractivity contribution is 0.182. The number of halogens is 1. The summed E-state index contributed by atoms with van der Waals surface area (Å²) >= 11 is 2.19. The lowest BCUT2D eigenvalue weighted by Gasteiger charge is -2.16. The number of aromatic nitrogens is 2. The minimum absolute atomic E-state index is 0.292. The van der Waals surface area contributed by atoms with Crippen molar-refractivity contribution < 1.29 is 4.74 Å². The average Bonchev–Trinajstić information content (AvgIpc) is 2.22. The Labute approximate surface area is 104 Å². The molecule has 4 nitrogen and oxygen atoms in total. The van der Waals surface area contributed by atoms with Crippen molar-refractivity contribution in [2.45, 2.75) is 25.8 Å². The molecular weight excluding hydrogens is 305 g/mol. The Kier molecular flexibility index (Phi) is 5.85. The van der Waals surface area contributed by atoms with Crippen LogP contribution in [0.5, 0.6) is 0 Å². The lowest BCUT2D eigenvalue weighted by atomic mass is 10.2. The van der Waals surface area contributed by atoms with E-state index in [0.717, 1.165) is 16.4 Å². The van der Waals surface area contributed by atoms with Gasteiger partial charge in [0.15, 0.2) is 0 Å². The summed E-state index contributed by atoms with van der Waals surface area (Å²) in [5, 5.41) is 3.26. The summed E-state index contributed by atoms with van der Waals surface area (Å²) in [5.74, 6) is 0.672. The Morgan fingerprint density at radius 1 is 1.47 bits per heavy atom. The summed E-state index contributed by atoms with van der Waals surface area (Å²) in [6, 6.07) is 0.292. The highest BCUT2D eigenvalue weighted by molar-refractivity contribution is 14.1. The van der Waals surface area contributed by atoms with E-state index in [4.69, 9.17) is 4.74 Å². The van der Waals surface area contributed by atoms with Crippen molar-refractivity contribution in [3.63, 3.8) is 0 Å². The first-order valence-electron chi connectivity index (χ1n) is 4.99. The van der Waals surface area contributed by atoms with Crippen LogP contribution in [-0.4, -0.2) is 29.7 Å². The molecule has 0 saturated carbocycles. The predicted octanol–water partition coefficient (Wildman–Crippen LogP) is 2.31. The molecule has 15 heavy (non-hydrogen) atoms. The molecule has 0 amide bonds. The van der Waals surface area contributed by atoms with Crippen molar-refractivity contribution in [2.75, 3.05) is 19.0 Å². The Bertz CT molecular complexity index is 273. The zero-order valence-corrected chi connectivity index (χ0v) is 11.2. The third-order valence-corrected chi connectivity index (χ3v) is 2.52. The summed E-state index contributed by atoms with van der Waals surface area (Å²) in [7, 11) is 1.71. The second-order valence-corrected chi connectivity index (χ2v) is 4.56. The first-order valence-corrected chi connectivity index (χ1v) is 6.07. The van der Waals surface area contributed by atoms with Gasteiger partial charge in [-0.05, 0) is 29.0 Å². The number of rotatable bonds is 6. The van der Waals surface area contributed by atoms with Crippen LogP contribution in [0.1, 0.15) is 19.8 Å². The van der Waals surface area contributed by atoms with Gasteiger partial charge in [-0.3, -0.25) is 0 Å². The second kappa shape index (κ2) is 6.95. The van der Waals surface area contributed by atoms with Gasteiger partial charge >= 0.3 is 0 Å². The molecule has 84 valence electrons. The van der Waals surface area contributed by atoms with Crippen molar-refractivity contribution in [3.05, 3.63) is 16.0 Å². The van der Waals surface area contributed by atoms with Gasteiger partial charge in [0.2, 0.25) is 5.95 Å². The maximum absolute atomic E-state index is 5.13. The van der Waals surface area contributed by atoms with Gasteiger partial charge in [0.05, 0.1) is 12.6 Å². The number of nitrogens with zero attached hydrogens (tertiary/aromatic N) is 2. The third kappa shape index (κ3) is 4.74. The number of nitrogens with one attached hydrogen (secondary N) is 1. The Hall–Kier alpha value is -0.430. The maximum atomic E-state index is 5.13. The number of ether oxygens (including phenoxy) is 1. The largest absolute Gasteiger partial charge is 0.383 e. The van der Waals surface area contributed by atoms with Gasteiger partial charge < -0.3 is 10.1 Å². The molecule has 1 atom stereocenters. The van der Waals surface area contributed by atoms with Crippen LogP contribution in [0, 0.1) is 3.57 Å². The number of hydrogen-bond acceptors (Lipinski definition) is 4. The fourth-order valence-electron chi connectivity index (χ4n) is 1.32. The molecule has 5 heteroatoms.